The molecule has 1 saturated heterocycles. The molecule has 2 aromatic carbocycles. The van der Waals surface area contributed by atoms with Gasteiger partial charge < -0.3 is 4.90 Å². The summed E-state index contributed by atoms with van der Waals surface area (Å²) in [6, 6.07) is 11.0. The molecule has 0 saturated carbocycles. The molecule has 1 amide bonds. The van der Waals surface area contributed by atoms with Crippen molar-refractivity contribution in [2.24, 2.45) is 5.92 Å². The number of carbonyl (C=O) groups excluding carboxylic acids is 1. The van der Waals surface area contributed by atoms with E-state index >= 15 is 0 Å². The van der Waals surface area contributed by atoms with Crippen molar-refractivity contribution in [3.05, 3.63) is 46.4 Å². The van der Waals surface area contributed by atoms with Gasteiger partial charge in [0.2, 0.25) is 0 Å². The number of halogens is 4. The zero-order valence-corrected chi connectivity index (χ0v) is 13.8. The summed E-state index contributed by atoms with van der Waals surface area (Å²) in [4.78, 5) is 14.2. The average Bonchev–Trinajstić information content (AvgIpc) is 2.53. The van der Waals surface area contributed by atoms with Crippen molar-refractivity contribution < 1.29 is 18.0 Å². The summed E-state index contributed by atoms with van der Waals surface area (Å²) in [5.41, 5.74) is 0.536. The van der Waals surface area contributed by atoms with Crippen molar-refractivity contribution >= 4 is 32.6 Å². The lowest BCUT2D eigenvalue weighted by Crippen LogP contribution is -2.42. The highest BCUT2D eigenvalue weighted by Crippen LogP contribution is 2.35. The third kappa shape index (κ3) is 3.22. The zero-order chi connectivity index (χ0) is 16.6. The molecule has 1 aliphatic heterocycles. The Morgan fingerprint density at radius 1 is 1.04 bits per heavy atom. The van der Waals surface area contributed by atoms with Gasteiger partial charge in [-0.05, 0) is 35.7 Å². The van der Waals surface area contributed by atoms with Gasteiger partial charge in [-0.25, -0.2) is 0 Å². The first-order valence-electron chi connectivity index (χ1n) is 7.41. The smallest absolute Gasteiger partial charge is 0.339 e. The predicted octanol–water partition coefficient (Wildman–Crippen LogP) is 5.02. The fourth-order valence-corrected chi connectivity index (χ4v) is 3.54. The molecule has 0 N–H and O–H groups in total. The van der Waals surface area contributed by atoms with E-state index in [1.54, 1.807) is 12.1 Å². The van der Waals surface area contributed by atoms with Crippen LogP contribution in [-0.4, -0.2) is 30.1 Å². The lowest BCUT2D eigenvalue weighted by Gasteiger charge is -2.33. The van der Waals surface area contributed by atoms with E-state index in [1.807, 2.05) is 24.3 Å². The van der Waals surface area contributed by atoms with E-state index in [4.69, 9.17) is 0 Å². The van der Waals surface area contributed by atoms with Crippen LogP contribution < -0.4 is 0 Å². The van der Waals surface area contributed by atoms with Gasteiger partial charge in [-0.15, -0.1) is 0 Å². The maximum absolute atomic E-state index is 12.7. The van der Waals surface area contributed by atoms with Crippen molar-refractivity contribution in [2.75, 3.05) is 13.1 Å². The number of carbonyl (C=O) groups is 1. The molecule has 2 nitrogen and oxygen atoms in total. The van der Waals surface area contributed by atoms with E-state index in [-0.39, 0.29) is 31.8 Å². The van der Waals surface area contributed by atoms with E-state index in [2.05, 4.69) is 15.9 Å². The molecule has 23 heavy (non-hydrogen) atoms. The van der Waals surface area contributed by atoms with Crippen LogP contribution in [0.5, 0.6) is 0 Å². The molecule has 3 rings (SSSR count). The van der Waals surface area contributed by atoms with Crippen molar-refractivity contribution in [2.45, 2.75) is 19.0 Å². The third-order valence-corrected chi connectivity index (χ3v) is 5.04. The Labute approximate surface area is 140 Å². The van der Waals surface area contributed by atoms with Crippen LogP contribution in [0, 0.1) is 5.92 Å². The van der Waals surface area contributed by atoms with E-state index < -0.39 is 12.1 Å². The molecular weight excluding hydrogens is 371 g/mol. The summed E-state index contributed by atoms with van der Waals surface area (Å²) in [7, 11) is 0. The standard InChI is InChI=1S/C17H15BrF3NO/c18-15-6-2-3-12-13(15)4-1-5-14(12)16(23)22-9-7-11(8-10-22)17(19,20)21/h1-6,11H,7-10H2. The number of benzene rings is 2. The molecule has 0 aromatic heterocycles. The summed E-state index contributed by atoms with van der Waals surface area (Å²) in [5, 5.41) is 1.73. The van der Waals surface area contributed by atoms with Crippen molar-refractivity contribution in [3.8, 4) is 0 Å². The van der Waals surface area contributed by atoms with Crippen LogP contribution in [0.25, 0.3) is 10.8 Å². The van der Waals surface area contributed by atoms with Crippen LogP contribution in [-0.2, 0) is 0 Å². The minimum atomic E-state index is -4.17. The Bertz CT molecular complexity index is 736. The molecule has 1 aliphatic rings. The molecule has 2 aromatic rings. The van der Waals surface area contributed by atoms with E-state index in [9.17, 15) is 18.0 Å². The SMILES string of the molecule is O=C(c1cccc2c(Br)cccc12)N1CCC(C(F)(F)F)CC1. The first kappa shape index (κ1) is 16.3. The van der Waals surface area contributed by atoms with E-state index in [0.29, 0.717) is 5.56 Å². The predicted molar refractivity (Wildman–Crippen MR) is 86.3 cm³/mol. The van der Waals surface area contributed by atoms with Crippen molar-refractivity contribution in [3.63, 3.8) is 0 Å². The molecule has 0 unspecified atom stereocenters. The minimum absolute atomic E-state index is 0.0241. The highest BCUT2D eigenvalue weighted by molar-refractivity contribution is 9.10. The van der Waals surface area contributed by atoms with E-state index in [1.165, 1.54) is 4.90 Å². The number of fused-ring (bicyclic) bond motifs is 1. The lowest BCUT2D eigenvalue weighted by atomic mass is 9.95. The minimum Gasteiger partial charge on any atom is -0.339 e. The maximum Gasteiger partial charge on any atom is 0.391 e. The van der Waals surface area contributed by atoms with Crippen molar-refractivity contribution in [1.82, 2.24) is 4.90 Å². The number of piperidine rings is 1. The fourth-order valence-electron chi connectivity index (χ4n) is 3.04. The topological polar surface area (TPSA) is 20.3 Å². The third-order valence-electron chi connectivity index (χ3n) is 4.34. The van der Waals surface area contributed by atoms with Gasteiger partial charge in [-0.2, -0.15) is 13.2 Å². The number of hydrogen-bond donors (Lipinski definition) is 0. The maximum atomic E-state index is 12.7. The van der Waals surface area contributed by atoms with Gasteiger partial charge in [0.15, 0.2) is 0 Å². The Balaban J connectivity index is 1.84. The molecule has 0 aliphatic carbocycles. The Kier molecular flexibility index (Phi) is 4.36. The average molecular weight is 386 g/mol. The van der Waals surface area contributed by atoms with Crippen LogP contribution in [0.2, 0.25) is 0 Å². The molecule has 0 bridgehead atoms. The number of amides is 1. The Hall–Kier alpha value is -1.56. The first-order valence-corrected chi connectivity index (χ1v) is 8.20. The number of nitrogens with zero attached hydrogens (tertiary/aromatic N) is 1. The molecule has 1 fully saturated rings. The Morgan fingerprint density at radius 2 is 1.65 bits per heavy atom. The highest BCUT2D eigenvalue weighted by Gasteiger charge is 2.41. The van der Waals surface area contributed by atoms with Gasteiger partial charge in [0.25, 0.3) is 5.91 Å². The fraction of sp³-hybridized carbons (Fsp3) is 0.353. The molecule has 0 radical (unpaired) electrons. The highest BCUT2D eigenvalue weighted by atomic mass is 79.9. The van der Waals surface area contributed by atoms with Gasteiger partial charge in [0.1, 0.15) is 0 Å². The van der Waals surface area contributed by atoms with Crippen molar-refractivity contribution in [1.29, 1.82) is 0 Å². The number of likely N-dealkylation sites (tertiary alicyclic amines) is 1. The van der Waals surface area contributed by atoms with Crippen LogP contribution in [0.3, 0.4) is 0 Å². The van der Waals surface area contributed by atoms with Gasteiger partial charge in [-0.3, -0.25) is 4.79 Å². The van der Waals surface area contributed by atoms with Crippen LogP contribution in [0.4, 0.5) is 13.2 Å². The normalized spacial score (nSPS) is 16.8. The summed E-state index contributed by atoms with van der Waals surface area (Å²) < 4.78 is 39.1. The van der Waals surface area contributed by atoms with Gasteiger partial charge in [-0.1, -0.05) is 40.2 Å². The number of rotatable bonds is 1. The second-order valence-electron chi connectivity index (χ2n) is 5.75. The monoisotopic (exact) mass is 385 g/mol. The molecule has 0 atom stereocenters. The van der Waals surface area contributed by atoms with Crippen LogP contribution in [0.1, 0.15) is 23.2 Å². The molecule has 1 heterocycles. The van der Waals surface area contributed by atoms with Gasteiger partial charge >= 0.3 is 6.18 Å². The first-order chi connectivity index (χ1) is 10.9. The quantitative estimate of drug-likeness (QED) is 0.674. The molecule has 6 heteroatoms. The summed E-state index contributed by atoms with van der Waals surface area (Å²) in [6.07, 6.45) is -4.22. The number of alkyl halides is 3. The largest absolute Gasteiger partial charge is 0.391 e. The van der Waals surface area contributed by atoms with Crippen LogP contribution in [0.15, 0.2) is 40.9 Å². The van der Waals surface area contributed by atoms with Crippen LogP contribution >= 0.6 is 15.9 Å². The molecule has 0 spiro atoms. The number of hydrogen-bond acceptors (Lipinski definition) is 1. The summed E-state index contributed by atoms with van der Waals surface area (Å²) >= 11 is 3.46. The summed E-state index contributed by atoms with van der Waals surface area (Å²) in [6.45, 7) is 0.292. The summed E-state index contributed by atoms with van der Waals surface area (Å²) in [5.74, 6) is -1.50. The zero-order valence-electron chi connectivity index (χ0n) is 12.2. The Morgan fingerprint density at radius 3 is 2.30 bits per heavy atom. The van der Waals surface area contributed by atoms with Gasteiger partial charge in [0.05, 0.1) is 5.92 Å². The van der Waals surface area contributed by atoms with E-state index in [0.717, 1.165) is 15.2 Å². The molecule has 122 valence electrons. The second-order valence-corrected chi connectivity index (χ2v) is 6.60. The second kappa shape index (κ2) is 6.15. The van der Waals surface area contributed by atoms with Gasteiger partial charge in [0, 0.05) is 23.1 Å². The lowest BCUT2D eigenvalue weighted by molar-refractivity contribution is -0.183. The molecular formula is C17H15BrF3NO.